The van der Waals surface area contributed by atoms with Gasteiger partial charge in [0.15, 0.2) is 0 Å². The van der Waals surface area contributed by atoms with Crippen LogP contribution in [0.5, 0.6) is 0 Å². The van der Waals surface area contributed by atoms with Gasteiger partial charge >= 0.3 is 5.97 Å². The topological polar surface area (TPSA) is 46.5 Å². The van der Waals surface area contributed by atoms with Gasteiger partial charge in [0, 0.05) is 6.08 Å². The van der Waals surface area contributed by atoms with Crippen LogP contribution in [0.2, 0.25) is 0 Å². The van der Waals surface area contributed by atoms with Crippen molar-refractivity contribution >= 4 is 5.97 Å². The molecular weight excluding hydrogens is 204 g/mol. The highest BCUT2D eigenvalue weighted by atomic mass is 16.5. The number of esters is 1. The van der Waals surface area contributed by atoms with Gasteiger partial charge in [-0.3, -0.25) is 0 Å². The Bertz CT molecular complexity index is 197. The van der Waals surface area contributed by atoms with Crippen molar-refractivity contribution in [3.8, 4) is 0 Å². The lowest BCUT2D eigenvalue weighted by atomic mass is 10.1. The van der Waals surface area contributed by atoms with Gasteiger partial charge in [-0.25, -0.2) is 4.79 Å². The fourth-order valence-corrected chi connectivity index (χ4v) is 1.48. The molecule has 3 nitrogen and oxygen atoms in total. The molecule has 0 aromatic rings. The van der Waals surface area contributed by atoms with Gasteiger partial charge in [-0.15, -0.1) is 0 Å². The van der Waals surface area contributed by atoms with Crippen molar-refractivity contribution in [2.75, 3.05) is 7.11 Å². The fraction of sp³-hybridized carbons (Fsp3) is 0.769. The van der Waals surface area contributed by atoms with E-state index in [-0.39, 0.29) is 12.1 Å². The van der Waals surface area contributed by atoms with Gasteiger partial charge in [-0.2, -0.15) is 0 Å². The van der Waals surface area contributed by atoms with E-state index >= 15 is 0 Å². The molecule has 0 unspecified atom stereocenters. The molecule has 0 fully saturated rings. The average molecular weight is 228 g/mol. The van der Waals surface area contributed by atoms with Crippen LogP contribution in [0.4, 0.5) is 0 Å². The summed E-state index contributed by atoms with van der Waals surface area (Å²) in [6.45, 7) is 1.83. The molecule has 94 valence electrons. The maximum Gasteiger partial charge on any atom is 0.330 e. The standard InChI is InChI=1S/C13H24O3/c1-12(14)10-8-6-4-3-5-7-9-11-13(15)16-2/h9,11-12,14H,3-8,10H2,1-2H3/b11-9+/t12-/m0/s1. The van der Waals surface area contributed by atoms with Gasteiger partial charge in [0.1, 0.15) is 0 Å². The Morgan fingerprint density at radius 2 is 1.88 bits per heavy atom. The van der Waals surface area contributed by atoms with E-state index in [0.717, 1.165) is 25.7 Å². The molecule has 1 N–H and O–H groups in total. The molecule has 0 saturated heterocycles. The summed E-state index contributed by atoms with van der Waals surface area (Å²) < 4.78 is 4.48. The van der Waals surface area contributed by atoms with E-state index in [1.807, 2.05) is 13.0 Å². The molecule has 3 heteroatoms. The second kappa shape index (κ2) is 10.7. The van der Waals surface area contributed by atoms with Crippen LogP contribution < -0.4 is 0 Å². The molecule has 0 saturated carbocycles. The summed E-state index contributed by atoms with van der Waals surface area (Å²) in [5, 5.41) is 9.05. The van der Waals surface area contributed by atoms with Crippen molar-refractivity contribution in [3.63, 3.8) is 0 Å². The number of methoxy groups -OCH3 is 1. The molecule has 0 rings (SSSR count). The zero-order valence-electron chi connectivity index (χ0n) is 10.4. The lowest BCUT2D eigenvalue weighted by molar-refractivity contribution is -0.134. The van der Waals surface area contributed by atoms with Crippen LogP contribution in [0.3, 0.4) is 0 Å². The Morgan fingerprint density at radius 3 is 2.50 bits per heavy atom. The Morgan fingerprint density at radius 1 is 1.25 bits per heavy atom. The number of hydrogen-bond donors (Lipinski definition) is 1. The minimum absolute atomic E-state index is 0.164. The summed E-state index contributed by atoms with van der Waals surface area (Å²) in [7, 11) is 1.38. The first-order chi connectivity index (χ1) is 7.66. The summed E-state index contributed by atoms with van der Waals surface area (Å²) in [5.41, 5.74) is 0. The first kappa shape index (κ1) is 15.2. The van der Waals surface area contributed by atoms with E-state index < -0.39 is 0 Å². The third-order valence-electron chi connectivity index (χ3n) is 2.45. The first-order valence-electron chi connectivity index (χ1n) is 6.09. The molecule has 1 atom stereocenters. The van der Waals surface area contributed by atoms with Crippen molar-refractivity contribution in [1.29, 1.82) is 0 Å². The van der Waals surface area contributed by atoms with E-state index in [4.69, 9.17) is 5.11 Å². The van der Waals surface area contributed by atoms with Gasteiger partial charge in [-0.1, -0.05) is 31.8 Å². The number of aliphatic hydroxyl groups is 1. The van der Waals surface area contributed by atoms with Crippen molar-refractivity contribution in [3.05, 3.63) is 12.2 Å². The van der Waals surface area contributed by atoms with Crippen LogP contribution in [0.15, 0.2) is 12.2 Å². The highest BCUT2D eigenvalue weighted by Crippen LogP contribution is 2.08. The number of rotatable bonds is 9. The zero-order chi connectivity index (χ0) is 12.2. The third kappa shape index (κ3) is 11.2. The van der Waals surface area contributed by atoms with Gasteiger partial charge in [0.2, 0.25) is 0 Å². The maximum absolute atomic E-state index is 10.7. The van der Waals surface area contributed by atoms with Crippen molar-refractivity contribution in [2.24, 2.45) is 0 Å². The van der Waals surface area contributed by atoms with Crippen LogP contribution in [0.25, 0.3) is 0 Å². The molecule has 16 heavy (non-hydrogen) atoms. The van der Waals surface area contributed by atoms with Crippen molar-refractivity contribution in [2.45, 2.75) is 58.0 Å². The summed E-state index contributed by atoms with van der Waals surface area (Å²) in [5.74, 6) is -0.281. The molecule has 0 aliphatic heterocycles. The van der Waals surface area contributed by atoms with E-state index in [1.54, 1.807) is 0 Å². The maximum atomic E-state index is 10.7. The molecule has 0 radical (unpaired) electrons. The van der Waals surface area contributed by atoms with Crippen LogP contribution in [-0.2, 0) is 9.53 Å². The molecular formula is C13H24O3. The van der Waals surface area contributed by atoms with Gasteiger partial charge < -0.3 is 9.84 Å². The van der Waals surface area contributed by atoms with Crippen LogP contribution in [-0.4, -0.2) is 24.3 Å². The highest BCUT2D eigenvalue weighted by Gasteiger charge is 1.95. The van der Waals surface area contributed by atoms with Gasteiger partial charge in [0.25, 0.3) is 0 Å². The summed E-state index contributed by atoms with van der Waals surface area (Å²) in [4.78, 5) is 10.7. The second-order valence-corrected chi connectivity index (χ2v) is 4.12. The predicted octanol–water partition coefficient (Wildman–Crippen LogP) is 2.83. The van der Waals surface area contributed by atoms with Crippen molar-refractivity contribution in [1.82, 2.24) is 0 Å². The minimum atomic E-state index is -0.281. The monoisotopic (exact) mass is 228 g/mol. The zero-order valence-corrected chi connectivity index (χ0v) is 10.4. The number of ether oxygens (including phenoxy) is 1. The largest absolute Gasteiger partial charge is 0.466 e. The summed E-state index contributed by atoms with van der Waals surface area (Å²) >= 11 is 0. The molecule has 0 aliphatic rings. The van der Waals surface area contributed by atoms with Gasteiger partial charge in [0.05, 0.1) is 13.2 Å². The molecule has 0 aromatic carbocycles. The Kier molecular flexibility index (Phi) is 10.1. The Balaban J connectivity index is 3.15. The Labute approximate surface area is 98.5 Å². The van der Waals surface area contributed by atoms with Crippen LogP contribution in [0, 0.1) is 0 Å². The van der Waals surface area contributed by atoms with Crippen LogP contribution >= 0.6 is 0 Å². The smallest absolute Gasteiger partial charge is 0.330 e. The highest BCUT2D eigenvalue weighted by molar-refractivity contribution is 5.81. The van der Waals surface area contributed by atoms with E-state index in [2.05, 4.69) is 4.74 Å². The normalized spacial score (nSPS) is 12.9. The lowest BCUT2D eigenvalue weighted by Crippen LogP contribution is -1.98. The van der Waals surface area contributed by atoms with Crippen molar-refractivity contribution < 1.29 is 14.6 Å². The minimum Gasteiger partial charge on any atom is -0.466 e. The average Bonchev–Trinajstić information content (AvgIpc) is 2.26. The molecule has 0 bridgehead atoms. The summed E-state index contributed by atoms with van der Waals surface area (Å²) in [6.07, 6.45) is 10.8. The van der Waals surface area contributed by atoms with E-state index in [1.165, 1.54) is 32.4 Å². The number of unbranched alkanes of at least 4 members (excludes halogenated alkanes) is 5. The molecule has 0 amide bonds. The predicted molar refractivity (Wildman–Crippen MR) is 65.2 cm³/mol. The van der Waals surface area contributed by atoms with E-state index in [9.17, 15) is 4.79 Å². The molecule has 0 spiro atoms. The Hall–Kier alpha value is -0.830. The first-order valence-corrected chi connectivity index (χ1v) is 6.09. The molecule has 0 heterocycles. The number of aliphatic hydroxyl groups excluding tert-OH is 1. The van der Waals surface area contributed by atoms with E-state index in [0.29, 0.717) is 0 Å². The van der Waals surface area contributed by atoms with Gasteiger partial charge in [-0.05, 0) is 26.2 Å². The molecule has 0 aromatic heterocycles. The summed E-state index contributed by atoms with van der Waals surface area (Å²) in [6, 6.07) is 0. The molecule has 0 aliphatic carbocycles. The second-order valence-electron chi connectivity index (χ2n) is 4.12. The lowest BCUT2D eigenvalue weighted by Gasteiger charge is -2.03. The third-order valence-corrected chi connectivity index (χ3v) is 2.45. The number of carbonyl (C=O) groups is 1. The quantitative estimate of drug-likeness (QED) is 0.375. The SMILES string of the molecule is COC(=O)/C=C/CCCCCCC[C@H](C)O. The number of hydrogen-bond acceptors (Lipinski definition) is 3. The van der Waals surface area contributed by atoms with Crippen LogP contribution in [0.1, 0.15) is 51.9 Å². The fourth-order valence-electron chi connectivity index (χ4n) is 1.48. The number of allylic oxidation sites excluding steroid dienone is 1. The number of carbonyl (C=O) groups excluding carboxylic acids is 1.